The van der Waals surface area contributed by atoms with Gasteiger partial charge in [-0.1, -0.05) is 0 Å². The van der Waals surface area contributed by atoms with E-state index in [1.54, 1.807) is 13.8 Å². The van der Waals surface area contributed by atoms with E-state index in [0.717, 1.165) is 16.4 Å². The van der Waals surface area contributed by atoms with Crippen LogP contribution in [0.25, 0.3) is 0 Å². The van der Waals surface area contributed by atoms with Crippen molar-refractivity contribution in [3.05, 3.63) is 41.7 Å². The molecular weight excluding hydrogens is 368 g/mol. The van der Waals surface area contributed by atoms with Gasteiger partial charge in [0.2, 0.25) is 10.0 Å². The Balaban J connectivity index is 1.87. The van der Waals surface area contributed by atoms with Crippen molar-refractivity contribution in [1.29, 1.82) is 0 Å². The summed E-state index contributed by atoms with van der Waals surface area (Å²) >= 11 is 0. The lowest BCUT2D eigenvalue weighted by atomic mass is 10.0. The predicted molar refractivity (Wildman–Crippen MR) is 86.6 cm³/mol. The fraction of sp³-hybridized carbons (Fsp3) is 0.400. The van der Waals surface area contributed by atoms with Crippen LogP contribution in [0.4, 0.5) is 8.78 Å². The van der Waals surface area contributed by atoms with Gasteiger partial charge < -0.3 is 4.90 Å². The molecule has 0 radical (unpaired) electrons. The zero-order valence-electron chi connectivity index (χ0n) is 14.1. The molecule has 1 aromatic heterocycles. The van der Waals surface area contributed by atoms with Crippen molar-refractivity contribution in [3.63, 3.8) is 0 Å². The molecule has 2 aromatic rings. The molecule has 0 saturated carbocycles. The van der Waals surface area contributed by atoms with Crippen LogP contribution in [0, 0.1) is 11.6 Å². The summed E-state index contributed by atoms with van der Waals surface area (Å²) in [5.74, 6) is -2.32. The summed E-state index contributed by atoms with van der Waals surface area (Å²) < 4.78 is 53.8. The number of rotatable bonds is 3. The van der Waals surface area contributed by atoms with Gasteiger partial charge in [-0.25, -0.2) is 17.2 Å². The zero-order valence-corrected chi connectivity index (χ0v) is 14.9. The van der Waals surface area contributed by atoms with E-state index in [4.69, 9.17) is 0 Å². The number of aromatic amines is 1. The van der Waals surface area contributed by atoms with Gasteiger partial charge in [-0.3, -0.25) is 4.79 Å². The van der Waals surface area contributed by atoms with E-state index in [2.05, 4.69) is 15.4 Å². The first kappa shape index (κ1) is 18.4. The first-order chi connectivity index (χ1) is 12.1. The lowest BCUT2D eigenvalue weighted by molar-refractivity contribution is 0.0489. The van der Waals surface area contributed by atoms with Crippen molar-refractivity contribution in [3.8, 4) is 0 Å². The molecule has 26 heavy (non-hydrogen) atoms. The van der Waals surface area contributed by atoms with Crippen LogP contribution in [0.1, 0.15) is 24.3 Å². The molecule has 0 bridgehead atoms. The van der Waals surface area contributed by atoms with Crippen LogP contribution in [0.3, 0.4) is 0 Å². The molecular formula is C15H17F2N5O3S. The van der Waals surface area contributed by atoms with Crippen LogP contribution >= 0.6 is 0 Å². The molecule has 1 amide bonds. The Kier molecular flexibility index (Phi) is 4.53. The third-order valence-corrected chi connectivity index (χ3v) is 6.26. The number of hydrogen-bond acceptors (Lipinski definition) is 5. The summed E-state index contributed by atoms with van der Waals surface area (Å²) in [6.07, 6.45) is 1.29. The number of nitrogens with zero attached hydrogens (tertiary/aromatic N) is 4. The number of H-pyrrole nitrogens is 1. The van der Waals surface area contributed by atoms with Gasteiger partial charge in [-0.05, 0) is 26.0 Å². The Hall–Kier alpha value is -2.40. The summed E-state index contributed by atoms with van der Waals surface area (Å²) in [4.78, 5) is 13.4. The molecule has 11 heteroatoms. The zero-order chi connectivity index (χ0) is 19.1. The third-order valence-electron chi connectivity index (χ3n) is 4.17. The second kappa shape index (κ2) is 6.40. The smallest absolute Gasteiger partial charge is 0.276 e. The standard InChI is InChI=1S/C15H17F2N5O3S/c1-15(2)9-21(14(23)13-8-18-20-19-13)3-4-22(15)26(24,25)12-6-10(16)5-11(17)7-12/h5-8H,3-4,9H2,1-2H3,(H,18,19,20). The Labute approximate surface area is 148 Å². The summed E-state index contributed by atoms with van der Waals surface area (Å²) in [7, 11) is -4.14. The number of carbonyl (C=O) groups excluding carboxylic acids is 1. The third kappa shape index (κ3) is 3.31. The van der Waals surface area contributed by atoms with Crippen molar-refractivity contribution in [1.82, 2.24) is 24.6 Å². The highest BCUT2D eigenvalue weighted by atomic mass is 32.2. The summed E-state index contributed by atoms with van der Waals surface area (Å²) in [6, 6.07) is 2.17. The Morgan fingerprint density at radius 1 is 1.19 bits per heavy atom. The van der Waals surface area contributed by atoms with E-state index < -0.39 is 32.1 Å². The lowest BCUT2D eigenvalue weighted by Gasteiger charge is -2.45. The van der Waals surface area contributed by atoms with E-state index in [9.17, 15) is 22.0 Å². The number of hydrogen-bond donors (Lipinski definition) is 1. The molecule has 1 N–H and O–H groups in total. The van der Waals surface area contributed by atoms with Gasteiger partial charge in [0.15, 0.2) is 5.69 Å². The molecule has 1 aliphatic heterocycles. The summed E-state index contributed by atoms with van der Waals surface area (Å²) in [5.41, 5.74) is -0.858. The van der Waals surface area contributed by atoms with Crippen molar-refractivity contribution in [2.75, 3.05) is 19.6 Å². The number of benzene rings is 1. The van der Waals surface area contributed by atoms with Crippen LogP contribution < -0.4 is 0 Å². The molecule has 2 heterocycles. The minimum absolute atomic E-state index is 0.0168. The Morgan fingerprint density at radius 3 is 2.38 bits per heavy atom. The van der Waals surface area contributed by atoms with Crippen molar-refractivity contribution >= 4 is 15.9 Å². The molecule has 8 nitrogen and oxygen atoms in total. The average molecular weight is 385 g/mol. The maximum absolute atomic E-state index is 13.5. The number of piperazine rings is 1. The number of halogens is 2. The first-order valence-electron chi connectivity index (χ1n) is 7.75. The fourth-order valence-electron chi connectivity index (χ4n) is 3.03. The molecule has 0 aliphatic carbocycles. The molecule has 1 saturated heterocycles. The van der Waals surface area contributed by atoms with Crippen LogP contribution in [0.2, 0.25) is 0 Å². The number of nitrogens with one attached hydrogen (secondary N) is 1. The van der Waals surface area contributed by atoms with Crippen LogP contribution in [-0.2, 0) is 10.0 Å². The van der Waals surface area contributed by atoms with E-state index >= 15 is 0 Å². The highest BCUT2D eigenvalue weighted by Crippen LogP contribution is 2.29. The minimum Gasteiger partial charge on any atom is -0.334 e. The van der Waals surface area contributed by atoms with Gasteiger partial charge in [-0.2, -0.15) is 19.7 Å². The maximum Gasteiger partial charge on any atom is 0.276 e. The highest BCUT2D eigenvalue weighted by molar-refractivity contribution is 7.89. The largest absolute Gasteiger partial charge is 0.334 e. The lowest BCUT2D eigenvalue weighted by Crippen LogP contribution is -2.61. The van der Waals surface area contributed by atoms with Gasteiger partial charge in [0.05, 0.1) is 11.1 Å². The Bertz CT molecular complexity index is 911. The van der Waals surface area contributed by atoms with Gasteiger partial charge in [0, 0.05) is 31.2 Å². The van der Waals surface area contributed by atoms with Crippen molar-refractivity contribution in [2.24, 2.45) is 0 Å². The topological polar surface area (TPSA) is 99.3 Å². The molecule has 140 valence electrons. The summed E-state index contributed by atoms with van der Waals surface area (Å²) in [5, 5.41) is 9.67. The van der Waals surface area contributed by atoms with Gasteiger partial charge in [0.1, 0.15) is 11.6 Å². The second-order valence-electron chi connectivity index (χ2n) is 6.58. The predicted octanol–water partition coefficient (Wildman–Crippen LogP) is 1.01. The van der Waals surface area contributed by atoms with Gasteiger partial charge in [0.25, 0.3) is 5.91 Å². The van der Waals surface area contributed by atoms with Crippen LogP contribution in [-0.4, -0.2) is 64.1 Å². The molecule has 1 aromatic carbocycles. The molecule has 0 atom stereocenters. The van der Waals surface area contributed by atoms with E-state index in [0.29, 0.717) is 6.07 Å². The number of amides is 1. The quantitative estimate of drug-likeness (QED) is 0.850. The van der Waals surface area contributed by atoms with Crippen LogP contribution in [0.15, 0.2) is 29.3 Å². The monoisotopic (exact) mass is 385 g/mol. The fourth-order valence-corrected chi connectivity index (χ4v) is 4.84. The SMILES string of the molecule is CC1(C)CN(C(=O)c2cn[nH]n2)CCN1S(=O)(=O)c1cc(F)cc(F)c1. The van der Waals surface area contributed by atoms with E-state index in [1.165, 1.54) is 11.1 Å². The summed E-state index contributed by atoms with van der Waals surface area (Å²) in [6.45, 7) is 3.48. The Morgan fingerprint density at radius 2 is 1.85 bits per heavy atom. The van der Waals surface area contributed by atoms with E-state index in [-0.39, 0.29) is 31.2 Å². The van der Waals surface area contributed by atoms with Gasteiger partial charge in [-0.15, -0.1) is 0 Å². The first-order valence-corrected chi connectivity index (χ1v) is 9.19. The average Bonchev–Trinajstić information content (AvgIpc) is 3.06. The van der Waals surface area contributed by atoms with Crippen molar-refractivity contribution < 1.29 is 22.0 Å². The molecule has 1 aliphatic rings. The number of sulfonamides is 1. The highest BCUT2D eigenvalue weighted by Gasteiger charge is 2.43. The maximum atomic E-state index is 13.5. The normalized spacial score (nSPS) is 18.1. The number of aromatic nitrogens is 3. The second-order valence-corrected chi connectivity index (χ2v) is 8.44. The molecule has 3 rings (SSSR count). The van der Waals surface area contributed by atoms with Crippen molar-refractivity contribution in [2.45, 2.75) is 24.3 Å². The molecule has 1 fully saturated rings. The van der Waals surface area contributed by atoms with E-state index in [1.807, 2.05) is 0 Å². The number of carbonyl (C=O) groups is 1. The van der Waals surface area contributed by atoms with Gasteiger partial charge >= 0.3 is 0 Å². The molecule has 0 unspecified atom stereocenters. The van der Waals surface area contributed by atoms with Crippen LogP contribution in [0.5, 0.6) is 0 Å². The molecule has 0 spiro atoms. The minimum atomic E-state index is -4.14.